The highest BCUT2D eigenvalue weighted by Crippen LogP contribution is 2.65. The Balaban J connectivity index is 1.22. The Kier molecular flexibility index (Phi) is 3.61. The first-order valence-corrected chi connectivity index (χ1v) is 10.5. The summed E-state index contributed by atoms with van der Waals surface area (Å²) < 4.78 is 5.43. The molecule has 0 radical (unpaired) electrons. The van der Waals surface area contributed by atoms with Crippen LogP contribution in [0.3, 0.4) is 0 Å². The first-order valence-electron chi connectivity index (χ1n) is 10.5. The van der Waals surface area contributed by atoms with Gasteiger partial charge >= 0.3 is 5.97 Å². The van der Waals surface area contributed by atoms with Crippen LogP contribution in [0.4, 0.5) is 5.69 Å². The van der Waals surface area contributed by atoms with Crippen LogP contribution in [0.15, 0.2) is 60.7 Å². The largest absolute Gasteiger partial charge is 0.423 e. The van der Waals surface area contributed by atoms with Gasteiger partial charge in [-0.2, -0.15) is 0 Å². The second kappa shape index (κ2) is 6.14. The van der Waals surface area contributed by atoms with Crippen molar-refractivity contribution in [2.75, 3.05) is 4.90 Å². The minimum Gasteiger partial charge on any atom is -0.423 e. The molecule has 150 valence electrons. The molecule has 1 aliphatic heterocycles. The summed E-state index contributed by atoms with van der Waals surface area (Å²) in [5.74, 6) is 0.932. The summed E-state index contributed by atoms with van der Waals surface area (Å²) in [6, 6.07) is 13.8. The quantitative estimate of drug-likeness (QED) is 0.341. The predicted molar refractivity (Wildman–Crippen MR) is 110 cm³/mol. The highest BCUT2D eigenvalue weighted by molar-refractivity contribution is 6.22. The van der Waals surface area contributed by atoms with E-state index in [2.05, 4.69) is 12.2 Å². The van der Waals surface area contributed by atoms with Crippen molar-refractivity contribution in [2.45, 2.75) is 13.3 Å². The topological polar surface area (TPSA) is 63.7 Å². The van der Waals surface area contributed by atoms with Gasteiger partial charge in [-0.25, -0.2) is 4.79 Å². The second-order valence-electron chi connectivity index (χ2n) is 8.92. The first-order chi connectivity index (χ1) is 14.5. The Morgan fingerprint density at radius 3 is 2.00 bits per heavy atom. The summed E-state index contributed by atoms with van der Waals surface area (Å²) in [7, 11) is 0. The van der Waals surface area contributed by atoms with Gasteiger partial charge in [-0.1, -0.05) is 29.8 Å². The summed E-state index contributed by atoms with van der Waals surface area (Å²) in [5, 5.41) is 0. The molecular weight excluding hydrogens is 378 g/mol. The molecule has 4 aliphatic carbocycles. The molecular formula is C25H21NO4. The Labute approximate surface area is 174 Å². The third-order valence-corrected chi connectivity index (χ3v) is 7.26. The fraction of sp³-hybridized carbons (Fsp3) is 0.320. The molecule has 6 atom stereocenters. The van der Waals surface area contributed by atoms with E-state index in [0.717, 1.165) is 12.0 Å². The van der Waals surface area contributed by atoms with Gasteiger partial charge < -0.3 is 4.74 Å². The summed E-state index contributed by atoms with van der Waals surface area (Å²) in [6.45, 7) is 1.95. The third-order valence-electron chi connectivity index (χ3n) is 7.26. The number of hydrogen-bond donors (Lipinski definition) is 0. The molecule has 5 heteroatoms. The molecule has 2 aromatic carbocycles. The molecule has 30 heavy (non-hydrogen) atoms. The summed E-state index contributed by atoms with van der Waals surface area (Å²) in [4.78, 5) is 40.0. The second-order valence-corrected chi connectivity index (χ2v) is 8.92. The van der Waals surface area contributed by atoms with Gasteiger partial charge in [0.15, 0.2) is 0 Å². The number of nitrogens with zero attached hydrogens (tertiary/aromatic N) is 1. The smallest absolute Gasteiger partial charge is 0.343 e. The lowest BCUT2D eigenvalue weighted by molar-refractivity contribution is -0.124. The number of esters is 1. The van der Waals surface area contributed by atoms with Crippen LogP contribution in [0.2, 0.25) is 0 Å². The maximum Gasteiger partial charge on any atom is 0.343 e. The standard InChI is InChI=1S/C25H21NO4/c1-13-2-4-14(5-3-13)25(29)30-16-8-6-15(7-9-16)26-23(27)21-17-10-11-18(20-12-19(17)20)22(21)24(26)28/h2-11,17-22H,12H2,1H3. The van der Waals surface area contributed by atoms with E-state index >= 15 is 0 Å². The molecule has 0 N–H and O–H groups in total. The fourth-order valence-electron chi connectivity index (χ4n) is 5.73. The van der Waals surface area contributed by atoms with E-state index in [1.807, 2.05) is 19.1 Å². The van der Waals surface area contributed by atoms with Crippen LogP contribution in [-0.4, -0.2) is 17.8 Å². The summed E-state index contributed by atoms with van der Waals surface area (Å²) in [6.07, 6.45) is 5.49. The van der Waals surface area contributed by atoms with Crippen molar-refractivity contribution in [2.24, 2.45) is 35.5 Å². The molecule has 3 fully saturated rings. The highest BCUT2D eigenvalue weighted by Gasteiger charge is 2.67. The van der Waals surface area contributed by atoms with Crippen LogP contribution >= 0.6 is 0 Å². The molecule has 2 bridgehead atoms. The van der Waals surface area contributed by atoms with Gasteiger partial charge in [-0.15, -0.1) is 0 Å². The van der Waals surface area contributed by atoms with Crippen LogP contribution in [0.5, 0.6) is 5.75 Å². The van der Waals surface area contributed by atoms with E-state index < -0.39 is 5.97 Å². The maximum absolute atomic E-state index is 13.2. The number of ether oxygens (including phenoxy) is 1. The number of hydrogen-bond acceptors (Lipinski definition) is 4. The summed E-state index contributed by atoms with van der Waals surface area (Å²) >= 11 is 0. The number of anilines is 1. The van der Waals surface area contributed by atoms with E-state index in [1.54, 1.807) is 36.4 Å². The minimum atomic E-state index is -0.441. The molecule has 2 aromatic rings. The molecule has 0 spiro atoms. The van der Waals surface area contributed by atoms with Gasteiger partial charge in [0.1, 0.15) is 5.75 Å². The summed E-state index contributed by atoms with van der Waals surface area (Å²) in [5.41, 5.74) is 2.08. The average Bonchev–Trinajstić information content (AvgIpc) is 3.53. The maximum atomic E-state index is 13.2. The van der Waals surface area contributed by atoms with Gasteiger partial charge in [-0.05, 0) is 73.4 Å². The number of rotatable bonds is 3. The first kappa shape index (κ1) is 17.6. The van der Waals surface area contributed by atoms with Gasteiger partial charge in [0, 0.05) is 0 Å². The lowest BCUT2D eigenvalue weighted by Gasteiger charge is -2.37. The van der Waals surface area contributed by atoms with Crippen LogP contribution in [0.1, 0.15) is 22.3 Å². The van der Waals surface area contributed by atoms with Crippen molar-refractivity contribution in [3.63, 3.8) is 0 Å². The van der Waals surface area contributed by atoms with Crippen molar-refractivity contribution < 1.29 is 19.1 Å². The van der Waals surface area contributed by atoms with Crippen molar-refractivity contribution in [3.8, 4) is 5.75 Å². The average molecular weight is 399 g/mol. The number of aryl methyl sites for hydroxylation is 1. The van der Waals surface area contributed by atoms with Gasteiger partial charge in [0.2, 0.25) is 11.8 Å². The molecule has 0 aromatic heterocycles. The molecule has 2 amide bonds. The number of carbonyl (C=O) groups is 3. The van der Waals surface area contributed by atoms with Crippen molar-refractivity contribution in [1.82, 2.24) is 0 Å². The SMILES string of the molecule is Cc1ccc(C(=O)Oc2ccc(N3C(=O)C4C5C=CC(C6CC56)C4C3=O)cc2)cc1. The molecule has 5 nitrogen and oxygen atoms in total. The van der Waals surface area contributed by atoms with E-state index in [-0.39, 0.29) is 35.5 Å². The zero-order valence-electron chi connectivity index (χ0n) is 16.5. The normalized spacial score (nSPS) is 32.8. The van der Waals surface area contributed by atoms with Crippen molar-refractivity contribution >= 4 is 23.5 Å². The molecule has 6 unspecified atom stereocenters. The number of imide groups is 1. The highest BCUT2D eigenvalue weighted by atomic mass is 16.5. The van der Waals surface area contributed by atoms with E-state index in [9.17, 15) is 14.4 Å². The lowest BCUT2D eigenvalue weighted by Crippen LogP contribution is -2.40. The molecule has 1 heterocycles. The molecule has 2 saturated carbocycles. The zero-order valence-corrected chi connectivity index (χ0v) is 16.5. The Hall–Kier alpha value is -3.21. The lowest BCUT2D eigenvalue weighted by atomic mass is 9.63. The van der Waals surface area contributed by atoms with Crippen LogP contribution < -0.4 is 9.64 Å². The number of benzene rings is 2. The van der Waals surface area contributed by atoms with Crippen molar-refractivity contribution in [1.29, 1.82) is 0 Å². The van der Waals surface area contributed by atoms with E-state index in [4.69, 9.17) is 4.74 Å². The Bertz CT molecular complexity index is 1060. The Morgan fingerprint density at radius 2 is 1.43 bits per heavy atom. The molecule has 1 saturated heterocycles. The van der Waals surface area contributed by atoms with Gasteiger partial charge in [0.25, 0.3) is 0 Å². The number of amides is 2. The Morgan fingerprint density at radius 1 is 0.867 bits per heavy atom. The number of carbonyl (C=O) groups excluding carboxylic acids is 3. The minimum absolute atomic E-state index is 0.0842. The molecule has 5 aliphatic rings. The van der Waals surface area contributed by atoms with Crippen molar-refractivity contribution in [3.05, 3.63) is 71.8 Å². The van der Waals surface area contributed by atoms with Crippen LogP contribution in [-0.2, 0) is 9.59 Å². The van der Waals surface area contributed by atoms with Crippen LogP contribution in [0.25, 0.3) is 0 Å². The molecule has 7 rings (SSSR count). The number of allylic oxidation sites excluding steroid dienone is 2. The van der Waals surface area contributed by atoms with Gasteiger partial charge in [0.05, 0.1) is 23.1 Å². The van der Waals surface area contributed by atoms with E-state index in [0.29, 0.717) is 28.8 Å². The van der Waals surface area contributed by atoms with Crippen LogP contribution in [0, 0.1) is 42.4 Å². The predicted octanol–water partition coefficient (Wildman–Crippen LogP) is 3.77. The van der Waals surface area contributed by atoms with E-state index in [1.165, 1.54) is 4.90 Å². The van der Waals surface area contributed by atoms with Gasteiger partial charge in [-0.3, -0.25) is 14.5 Å². The monoisotopic (exact) mass is 399 g/mol. The zero-order chi connectivity index (χ0) is 20.6. The fourth-order valence-corrected chi connectivity index (χ4v) is 5.73. The third kappa shape index (κ3) is 2.44.